The van der Waals surface area contributed by atoms with E-state index >= 15 is 0 Å². The molecule has 1 unspecified atom stereocenters. The molecule has 0 saturated carbocycles. The van der Waals surface area contributed by atoms with Crippen LogP contribution in [0.1, 0.15) is 30.3 Å². The highest BCUT2D eigenvalue weighted by Crippen LogP contribution is 2.43. The number of methoxy groups -OCH3 is 1. The van der Waals surface area contributed by atoms with E-state index in [2.05, 4.69) is 10.4 Å². The molecule has 2 amide bonds. The van der Waals surface area contributed by atoms with Crippen LogP contribution in [0.2, 0.25) is 0 Å². The van der Waals surface area contributed by atoms with E-state index in [9.17, 15) is 9.59 Å². The Morgan fingerprint density at radius 2 is 1.74 bits per heavy atom. The Balaban J connectivity index is 1.72. The summed E-state index contributed by atoms with van der Waals surface area (Å²) in [4.78, 5) is 23.6. The number of ether oxygens (including phenoxy) is 3. The van der Waals surface area contributed by atoms with Gasteiger partial charge in [-0.3, -0.25) is 9.59 Å². The average molecular weight is 444 g/mol. The van der Waals surface area contributed by atoms with Crippen molar-refractivity contribution in [3.05, 3.63) is 53.6 Å². The van der Waals surface area contributed by atoms with Crippen LogP contribution in [0.4, 0.5) is 0 Å². The molecule has 0 radical (unpaired) electrons. The molecule has 3 rings (SSSR count). The fourth-order valence-corrected chi connectivity index (χ4v) is 4.15. The van der Waals surface area contributed by atoms with Crippen molar-refractivity contribution in [1.82, 2.24) is 10.3 Å². The molecule has 0 saturated heterocycles. The Hall–Kier alpha value is -3.20. The molecule has 1 heterocycles. The van der Waals surface area contributed by atoms with Gasteiger partial charge < -0.3 is 19.5 Å². The van der Waals surface area contributed by atoms with Crippen molar-refractivity contribution in [2.75, 3.05) is 20.3 Å². The van der Waals surface area contributed by atoms with E-state index in [1.54, 1.807) is 7.11 Å². The number of hydrogen-bond donors (Lipinski definition) is 1. The van der Waals surface area contributed by atoms with Crippen LogP contribution < -0.4 is 19.5 Å². The van der Waals surface area contributed by atoms with Crippen molar-refractivity contribution in [1.29, 1.82) is 0 Å². The third-order valence-electron chi connectivity index (χ3n) is 4.35. The highest BCUT2D eigenvalue weighted by molar-refractivity contribution is 8.14. The second-order valence-electron chi connectivity index (χ2n) is 6.81. The van der Waals surface area contributed by atoms with E-state index < -0.39 is 5.37 Å². The maximum absolute atomic E-state index is 12.2. The van der Waals surface area contributed by atoms with Gasteiger partial charge in [0.05, 0.1) is 7.11 Å². The average Bonchev–Trinajstić information content (AvgIpc) is 3.15. The number of hydrogen-bond acceptors (Lipinski definition) is 7. The van der Waals surface area contributed by atoms with Gasteiger partial charge in [-0.15, -0.1) is 5.10 Å². The van der Waals surface area contributed by atoms with Crippen LogP contribution in [0.15, 0.2) is 47.6 Å². The van der Waals surface area contributed by atoms with Gasteiger partial charge in [-0.25, -0.2) is 5.01 Å². The number of carbonyl (C=O) groups excluding carboxylic acids is 2. The molecule has 9 heteroatoms. The summed E-state index contributed by atoms with van der Waals surface area (Å²) in [5, 5.41) is 8.18. The molecule has 1 N–H and O–H groups in total. The van der Waals surface area contributed by atoms with Crippen LogP contribution >= 0.6 is 11.8 Å². The first-order chi connectivity index (χ1) is 14.9. The van der Waals surface area contributed by atoms with E-state index in [1.165, 1.54) is 30.6 Å². The molecular weight excluding hydrogens is 418 g/mol. The second-order valence-corrected chi connectivity index (χ2v) is 7.88. The van der Waals surface area contributed by atoms with Crippen LogP contribution in [0.25, 0.3) is 0 Å². The minimum absolute atomic E-state index is 0.232. The molecule has 0 fully saturated rings. The van der Waals surface area contributed by atoms with E-state index in [0.29, 0.717) is 35.6 Å². The third kappa shape index (κ3) is 5.69. The monoisotopic (exact) mass is 443 g/mol. The second kappa shape index (κ2) is 10.2. The van der Waals surface area contributed by atoms with E-state index in [4.69, 9.17) is 14.2 Å². The largest absolute Gasteiger partial charge is 0.493 e. The van der Waals surface area contributed by atoms with Gasteiger partial charge in [0.2, 0.25) is 11.8 Å². The minimum Gasteiger partial charge on any atom is -0.493 e. The van der Waals surface area contributed by atoms with Gasteiger partial charge in [0, 0.05) is 19.4 Å². The van der Waals surface area contributed by atoms with Crippen molar-refractivity contribution in [3.8, 4) is 17.2 Å². The number of amidine groups is 1. The molecule has 0 aromatic heterocycles. The molecule has 1 atom stereocenters. The number of rotatable bonds is 7. The Bertz CT molecular complexity index is 995. The summed E-state index contributed by atoms with van der Waals surface area (Å²) in [7, 11) is 1.59. The Labute approximate surface area is 185 Å². The summed E-state index contributed by atoms with van der Waals surface area (Å²) >= 11 is 1.29. The standard InChI is InChI=1S/C22H25N3O5S/c1-14-9-10-18(29-11-12-30-20-8-6-5-7-19(20)28-4)17(13-14)21-25(16(3)27)24-22(31-21)23-15(2)26/h5-10,13,21H,11-12H2,1-4H3,(H,23,24,26). The lowest BCUT2D eigenvalue weighted by molar-refractivity contribution is -0.129. The van der Waals surface area contributed by atoms with E-state index in [1.807, 2.05) is 49.4 Å². The first kappa shape index (κ1) is 22.5. The number of amides is 2. The summed E-state index contributed by atoms with van der Waals surface area (Å²) < 4.78 is 17.0. The number of aryl methyl sites for hydroxylation is 1. The molecular formula is C22H25N3O5S. The zero-order valence-electron chi connectivity index (χ0n) is 17.9. The van der Waals surface area contributed by atoms with Crippen LogP contribution in [0, 0.1) is 6.92 Å². The van der Waals surface area contributed by atoms with Crippen molar-refractivity contribution < 1.29 is 23.8 Å². The topological polar surface area (TPSA) is 89.5 Å². The van der Waals surface area contributed by atoms with Crippen LogP contribution in [-0.2, 0) is 9.59 Å². The van der Waals surface area contributed by atoms with Crippen molar-refractivity contribution in [2.24, 2.45) is 5.10 Å². The van der Waals surface area contributed by atoms with E-state index in [-0.39, 0.29) is 11.8 Å². The molecule has 2 aromatic carbocycles. The zero-order valence-corrected chi connectivity index (χ0v) is 18.7. The number of hydrazone groups is 1. The number of benzene rings is 2. The smallest absolute Gasteiger partial charge is 0.241 e. The van der Waals surface area contributed by atoms with Crippen molar-refractivity contribution >= 4 is 28.7 Å². The number of thioether (sulfide) groups is 1. The number of para-hydroxylation sites is 2. The summed E-state index contributed by atoms with van der Waals surface area (Å²) in [5.74, 6) is 1.44. The number of nitrogens with zero attached hydrogens (tertiary/aromatic N) is 2. The molecule has 2 aromatic rings. The minimum atomic E-state index is -0.440. The summed E-state index contributed by atoms with van der Waals surface area (Å²) in [6.07, 6.45) is 0. The molecule has 0 aliphatic carbocycles. The van der Waals surface area contributed by atoms with Gasteiger partial charge in [0.25, 0.3) is 0 Å². The SMILES string of the molecule is COc1ccccc1OCCOc1ccc(C)cc1C1SC(NC(C)=O)=NN1C(C)=O. The maximum atomic E-state index is 12.2. The van der Waals surface area contributed by atoms with Crippen molar-refractivity contribution in [3.63, 3.8) is 0 Å². The van der Waals surface area contributed by atoms with Gasteiger partial charge in [0.15, 0.2) is 16.7 Å². The molecule has 0 bridgehead atoms. The van der Waals surface area contributed by atoms with Crippen LogP contribution in [-0.4, -0.2) is 42.3 Å². The predicted molar refractivity (Wildman–Crippen MR) is 119 cm³/mol. The first-order valence-corrected chi connectivity index (χ1v) is 10.6. The van der Waals surface area contributed by atoms with Gasteiger partial charge >= 0.3 is 0 Å². The molecule has 31 heavy (non-hydrogen) atoms. The lowest BCUT2D eigenvalue weighted by Crippen LogP contribution is -2.25. The summed E-state index contributed by atoms with van der Waals surface area (Å²) in [6, 6.07) is 13.2. The maximum Gasteiger partial charge on any atom is 0.241 e. The lowest BCUT2D eigenvalue weighted by atomic mass is 10.1. The van der Waals surface area contributed by atoms with Gasteiger partial charge in [-0.05, 0) is 31.2 Å². The number of nitrogens with one attached hydrogen (secondary N) is 1. The van der Waals surface area contributed by atoms with Crippen LogP contribution in [0.3, 0.4) is 0 Å². The fourth-order valence-electron chi connectivity index (χ4n) is 3.00. The first-order valence-electron chi connectivity index (χ1n) is 9.71. The third-order valence-corrected chi connectivity index (χ3v) is 5.43. The fraction of sp³-hybridized carbons (Fsp3) is 0.318. The van der Waals surface area contributed by atoms with Gasteiger partial charge in [0.1, 0.15) is 24.3 Å². The van der Waals surface area contributed by atoms with Crippen molar-refractivity contribution in [2.45, 2.75) is 26.1 Å². The van der Waals surface area contributed by atoms with E-state index in [0.717, 1.165) is 11.1 Å². The molecule has 164 valence electrons. The number of carbonyl (C=O) groups is 2. The molecule has 1 aliphatic heterocycles. The van der Waals surface area contributed by atoms with Gasteiger partial charge in [-0.1, -0.05) is 35.5 Å². The normalized spacial score (nSPS) is 15.3. The molecule has 1 aliphatic rings. The van der Waals surface area contributed by atoms with Crippen LogP contribution in [0.5, 0.6) is 17.2 Å². The van der Waals surface area contributed by atoms with Gasteiger partial charge in [-0.2, -0.15) is 0 Å². The lowest BCUT2D eigenvalue weighted by Gasteiger charge is -2.22. The zero-order chi connectivity index (χ0) is 22.4. The molecule has 0 spiro atoms. The molecule has 8 nitrogen and oxygen atoms in total. The Kier molecular flexibility index (Phi) is 7.41. The Morgan fingerprint density at radius 3 is 2.39 bits per heavy atom. The summed E-state index contributed by atoms with van der Waals surface area (Å²) in [6.45, 7) is 5.41. The predicted octanol–water partition coefficient (Wildman–Crippen LogP) is 3.46. The highest BCUT2D eigenvalue weighted by Gasteiger charge is 2.34. The highest BCUT2D eigenvalue weighted by atomic mass is 32.2. The summed E-state index contributed by atoms with van der Waals surface area (Å²) in [5.41, 5.74) is 1.81. The quantitative estimate of drug-likeness (QED) is 0.659. The Morgan fingerprint density at radius 1 is 1.06 bits per heavy atom.